The van der Waals surface area contributed by atoms with Crippen LogP contribution in [0.4, 0.5) is 0 Å². The molecule has 2 rings (SSSR count). The first-order valence-corrected chi connectivity index (χ1v) is 6.81. The van der Waals surface area contributed by atoms with Gasteiger partial charge in [0.25, 0.3) is 5.91 Å². The van der Waals surface area contributed by atoms with Crippen LogP contribution in [0.2, 0.25) is 0 Å². The summed E-state index contributed by atoms with van der Waals surface area (Å²) in [6, 6.07) is 5.78. The highest BCUT2D eigenvalue weighted by Crippen LogP contribution is 2.20. The van der Waals surface area contributed by atoms with E-state index in [-0.39, 0.29) is 24.5 Å². The fourth-order valence-corrected chi connectivity index (χ4v) is 2.15. The first kappa shape index (κ1) is 14.4. The summed E-state index contributed by atoms with van der Waals surface area (Å²) >= 11 is 0. The van der Waals surface area contributed by atoms with Gasteiger partial charge in [-0.15, -0.1) is 0 Å². The summed E-state index contributed by atoms with van der Waals surface area (Å²) in [6.45, 7) is 4.47. The second-order valence-corrected chi connectivity index (χ2v) is 5.09. The molecule has 0 aromatic heterocycles. The van der Waals surface area contributed by atoms with Gasteiger partial charge < -0.3 is 15.4 Å². The molecule has 1 aliphatic rings. The fourth-order valence-electron chi connectivity index (χ4n) is 2.15. The second kappa shape index (κ2) is 6.41. The van der Waals surface area contributed by atoms with Crippen molar-refractivity contribution in [3.05, 3.63) is 29.3 Å². The van der Waals surface area contributed by atoms with Gasteiger partial charge in [0.1, 0.15) is 5.75 Å². The number of hydrogen-bond acceptors (Lipinski definition) is 3. The van der Waals surface area contributed by atoms with Gasteiger partial charge in [-0.1, -0.05) is 12.1 Å². The lowest BCUT2D eigenvalue weighted by atomic mass is 10.1. The highest BCUT2D eigenvalue weighted by molar-refractivity contribution is 5.79. The van der Waals surface area contributed by atoms with Crippen LogP contribution in [-0.2, 0) is 9.59 Å². The van der Waals surface area contributed by atoms with Gasteiger partial charge in [-0.25, -0.2) is 0 Å². The molecule has 1 fully saturated rings. The van der Waals surface area contributed by atoms with Gasteiger partial charge in [0.2, 0.25) is 5.91 Å². The van der Waals surface area contributed by atoms with E-state index in [0.29, 0.717) is 19.4 Å². The molecule has 2 amide bonds. The maximum atomic E-state index is 11.8. The Bertz CT molecular complexity index is 504. The van der Waals surface area contributed by atoms with Gasteiger partial charge in [-0.3, -0.25) is 9.59 Å². The Kier molecular flexibility index (Phi) is 4.61. The number of benzene rings is 1. The Morgan fingerprint density at radius 3 is 2.95 bits per heavy atom. The Hall–Kier alpha value is -2.04. The zero-order valence-corrected chi connectivity index (χ0v) is 11.9. The van der Waals surface area contributed by atoms with Crippen LogP contribution < -0.4 is 15.4 Å². The third-order valence-electron chi connectivity index (χ3n) is 3.54. The number of hydrogen-bond donors (Lipinski definition) is 2. The number of aryl methyl sites for hydroxylation is 1. The van der Waals surface area contributed by atoms with E-state index in [1.165, 1.54) is 0 Å². The van der Waals surface area contributed by atoms with E-state index in [0.717, 1.165) is 16.9 Å². The summed E-state index contributed by atoms with van der Waals surface area (Å²) in [4.78, 5) is 22.8. The quantitative estimate of drug-likeness (QED) is 0.864. The van der Waals surface area contributed by atoms with Gasteiger partial charge >= 0.3 is 0 Å². The molecule has 1 aromatic rings. The van der Waals surface area contributed by atoms with Crippen LogP contribution in [0.1, 0.15) is 24.0 Å². The maximum Gasteiger partial charge on any atom is 0.258 e. The van der Waals surface area contributed by atoms with Crippen LogP contribution in [0.15, 0.2) is 18.2 Å². The van der Waals surface area contributed by atoms with Crippen LogP contribution in [0, 0.1) is 13.8 Å². The minimum atomic E-state index is -0.160. The van der Waals surface area contributed by atoms with Gasteiger partial charge in [0, 0.05) is 19.0 Å². The number of carbonyl (C=O) groups excluding carboxylic acids is 2. The van der Waals surface area contributed by atoms with Crippen LogP contribution in [0.25, 0.3) is 0 Å². The van der Waals surface area contributed by atoms with Gasteiger partial charge in [0.05, 0.1) is 0 Å². The minimum Gasteiger partial charge on any atom is -0.483 e. The molecule has 5 heteroatoms. The van der Waals surface area contributed by atoms with Crippen molar-refractivity contribution in [3.8, 4) is 5.75 Å². The number of carbonyl (C=O) groups is 2. The van der Waals surface area contributed by atoms with E-state index in [4.69, 9.17) is 4.74 Å². The Balaban J connectivity index is 1.80. The van der Waals surface area contributed by atoms with Crippen LogP contribution in [0.3, 0.4) is 0 Å². The molecule has 5 nitrogen and oxygen atoms in total. The lowest BCUT2D eigenvalue weighted by Crippen LogP contribution is -2.48. The largest absolute Gasteiger partial charge is 0.483 e. The molecule has 20 heavy (non-hydrogen) atoms. The molecule has 1 saturated heterocycles. The third-order valence-corrected chi connectivity index (χ3v) is 3.54. The highest BCUT2D eigenvalue weighted by atomic mass is 16.5. The molecule has 0 aliphatic carbocycles. The number of piperidine rings is 1. The molecule has 0 spiro atoms. The monoisotopic (exact) mass is 276 g/mol. The second-order valence-electron chi connectivity index (χ2n) is 5.09. The molecule has 0 bridgehead atoms. The number of amides is 2. The standard InChI is InChI=1S/C15H20N2O3/c1-10-4-3-5-13(11(10)2)20-9-15(19)17-12-6-7-14(18)16-8-12/h3-5,12H,6-9H2,1-2H3,(H,16,18)(H,17,19). The molecule has 1 heterocycles. The first-order chi connectivity index (χ1) is 9.56. The van der Waals surface area contributed by atoms with Crippen molar-refractivity contribution in [2.75, 3.05) is 13.2 Å². The van der Waals surface area contributed by atoms with E-state index in [1.807, 2.05) is 32.0 Å². The van der Waals surface area contributed by atoms with Crippen LogP contribution in [-0.4, -0.2) is 31.0 Å². The highest BCUT2D eigenvalue weighted by Gasteiger charge is 2.19. The van der Waals surface area contributed by atoms with Crippen molar-refractivity contribution in [2.45, 2.75) is 32.7 Å². The lowest BCUT2D eigenvalue weighted by molar-refractivity contribution is -0.126. The first-order valence-electron chi connectivity index (χ1n) is 6.81. The summed E-state index contributed by atoms with van der Waals surface area (Å²) in [5.74, 6) is 0.617. The van der Waals surface area contributed by atoms with Crippen LogP contribution >= 0.6 is 0 Å². The normalized spacial score (nSPS) is 18.3. The average molecular weight is 276 g/mol. The Morgan fingerprint density at radius 2 is 2.25 bits per heavy atom. The summed E-state index contributed by atoms with van der Waals surface area (Å²) in [5, 5.41) is 5.60. The smallest absolute Gasteiger partial charge is 0.258 e. The van der Waals surface area contributed by atoms with Gasteiger partial charge in [-0.2, -0.15) is 0 Å². The predicted molar refractivity (Wildman–Crippen MR) is 75.6 cm³/mol. The third kappa shape index (κ3) is 3.73. The molecule has 108 valence electrons. The van der Waals surface area contributed by atoms with Crippen molar-refractivity contribution in [1.29, 1.82) is 0 Å². The summed E-state index contributed by atoms with van der Waals surface area (Å²) in [6.07, 6.45) is 1.14. The molecule has 1 aromatic carbocycles. The zero-order valence-electron chi connectivity index (χ0n) is 11.9. The number of nitrogens with one attached hydrogen (secondary N) is 2. The molecular weight excluding hydrogens is 256 g/mol. The molecule has 0 saturated carbocycles. The SMILES string of the molecule is Cc1cccc(OCC(=O)NC2CCC(=O)NC2)c1C. The molecule has 2 N–H and O–H groups in total. The van der Waals surface area contributed by atoms with Crippen molar-refractivity contribution in [1.82, 2.24) is 10.6 Å². The Morgan fingerprint density at radius 1 is 1.45 bits per heavy atom. The number of ether oxygens (including phenoxy) is 1. The fraction of sp³-hybridized carbons (Fsp3) is 0.467. The average Bonchev–Trinajstić information content (AvgIpc) is 2.43. The number of rotatable bonds is 4. The zero-order chi connectivity index (χ0) is 14.5. The summed E-state index contributed by atoms with van der Waals surface area (Å²) < 4.78 is 5.54. The summed E-state index contributed by atoms with van der Waals surface area (Å²) in [5.41, 5.74) is 2.18. The van der Waals surface area contributed by atoms with E-state index >= 15 is 0 Å². The van der Waals surface area contributed by atoms with E-state index in [9.17, 15) is 9.59 Å². The van der Waals surface area contributed by atoms with Crippen molar-refractivity contribution >= 4 is 11.8 Å². The van der Waals surface area contributed by atoms with Crippen LogP contribution in [0.5, 0.6) is 5.75 Å². The topological polar surface area (TPSA) is 67.4 Å². The molecule has 1 aliphatic heterocycles. The molecule has 1 unspecified atom stereocenters. The van der Waals surface area contributed by atoms with Gasteiger partial charge in [0.15, 0.2) is 6.61 Å². The van der Waals surface area contributed by atoms with E-state index in [2.05, 4.69) is 10.6 Å². The van der Waals surface area contributed by atoms with Crippen molar-refractivity contribution < 1.29 is 14.3 Å². The minimum absolute atomic E-state index is 0.00223. The van der Waals surface area contributed by atoms with Crippen molar-refractivity contribution in [3.63, 3.8) is 0 Å². The van der Waals surface area contributed by atoms with E-state index < -0.39 is 0 Å². The molecular formula is C15H20N2O3. The Labute approximate surface area is 118 Å². The maximum absolute atomic E-state index is 11.8. The van der Waals surface area contributed by atoms with Crippen molar-refractivity contribution in [2.24, 2.45) is 0 Å². The molecule has 1 atom stereocenters. The van der Waals surface area contributed by atoms with E-state index in [1.54, 1.807) is 0 Å². The lowest BCUT2D eigenvalue weighted by Gasteiger charge is -2.23. The van der Waals surface area contributed by atoms with Gasteiger partial charge in [-0.05, 0) is 37.5 Å². The predicted octanol–water partition coefficient (Wildman–Crippen LogP) is 1.08. The summed E-state index contributed by atoms with van der Waals surface area (Å²) in [7, 11) is 0. The molecule has 0 radical (unpaired) electrons.